The van der Waals surface area contributed by atoms with Gasteiger partial charge in [-0.1, -0.05) is 18.2 Å². The average molecular weight is 318 g/mol. The van der Waals surface area contributed by atoms with E-state index in [0.29, 0.717) is 31.7 Å². The van der Waals surface area contributed by atoms with Crippen LogP contribution in [0.15, 0.2) is 39.8 Å². The zero-order valence-electron chi connectivity index (χ0n) is 11.7. The monoisotopic (exact) mass is 318 g/mol. The fraction of sp³-hybridized carbons (Fsp3) is 0.286. The molecule has 2 heterocycles. The fourth-order valence-electron chi connectivity index (χ4n) is 2.26. The van der Waals surface area contributed by atoms with Crippen LogP contribution in [0.2, 0.25) is 0 Å². The van der Waals surface area contributed by atoms with Crippen molar-refractivity contribution in [2.24, 2.45) is 0 Å². The molecule has 114 valence electrons. The lowest BCUT2D eigenvalue weighted by Gasteiger charge is -2.25. The summed E-state index contributed by atoms with van der Waals surface area (Å²) in [4.78, 5) is 4.01. The Balaban J connectivity index is 2.04. The third-order valence-corrected chi connectivity index (χ3v) is 5.16. The van der Waals surface area contributed by atoms with Crippen LogP contribution >= 0.6 is 0 Å². The summed E-state index contributed by atoms with van der Waals surface area (Å²) in [5.41, 5.74) is 0.415. The number of hydrogen-bond donors (Lipinski definition) is 1. The second-order valence-corrected chi connectivity index (χ2v) is 6.62. The lowest BCUT2D eigenvalue weighted by molar-refractivity contribution is 0.344. The summed E-state index contributed by atoms with van der Waals surface area (Å²) in [5.74, 6) is 0.130. The summed E-state index contributed by atoms with van der Waals surface area (Å²) in [5, 5.41) is 11.9. The van der Waals surface area contributed by atoms with E-state index in [9.17, 15) is 13.7 Å². The van der Waals surface area contributed by atoms with Crippen LogP contribution in [-0.2, 0) is 10.0 Å². The average Bonchev–Trinajstić information content (AvgIpc) is 3.02. The summed E-state index contributed by atoms with van der Waals surface area (Å²) in [6.07, 6.45) is 0. The van der Waals surface area contributed by atoms with Crippen LogP contribution in [0.1, 0.15) is 5.69 Å². The van der Waals surface area contributed by atoms with E-state index < -0.39 is 10.0 Å². The molecule has 0 saturated carbocycles. The fourth-order valence-corrected chi connectivity index (χ4v) is 3.68. The first kappa shape index (κ1) is 14.7. The maximum absolute atomic E-state index is 12.6. The topological polar surface area (TPSA) is 99.2 Å². The van der Waals surface area contributed by atoms with Gasteiger partial charge in [-0.05, 0) is 12.1 Å². The highest BCUT2D eigenvalue weighted by atomic mass is 32.2. The van der Waals surface area contributed by atoms with Crippen LogP contribution in [-0.4, -0.2) is 43.9 Å². The Hall–Kier alpha value is -2.21. The molecule has 0 atom stereocenters. The molecular weight excluding hydrogens is 304 g/mol. The molecule has 8 heteroatoms. The van der Waals surface area contributed by atoms with Crippen LogP contribution in [0.25, 0.3) is 11.5 Å². The number of nitrogens with one attached hydrogen (secondary N) is 1. The molecule has 2 aromatic rings. The Kier molecular flexibility index (Phi) is 3.94. The molecule has 22 heavy (non-hydrogen) atoms. The van der Waals surface area contributed by atoms with Crippen molar-refractivity contribution in [3.05, 3.63) is 36.0 Å². The van der Waals surface area contributed by atoms with Gasteiger partial charge in [-0.15, -0.1) is 0 Å². The number of sulfonamides is 1. The van der Waals surface area contributed by atoms with Crippen molar-refractivity contribution in [1.29, 1.82) is 5.26 Å². The van der Waals surface area contributed by atoms with Gasteiger partial charge in [0.25, 0.3) is 15.1 Å². The van der Waals surface area contributed by atoms with Gasteiger partial charge in [0, 0.05) is 31.7 Å². The van der Waals surface area contributed by atoms with Crippen molar-refractivity contribution in [2.45, 2.75) is 5.09 Å². The lowest BCUT2D eigenvalue weighted by atomic mass is 10.2. The highest BCUT2D eigenvalue weighted by Crippen LogP contribution is 2.27. The second-order valence-electron chi connectivity index (χ2n) is 4.79. The molecule has 1 fully saturated rings. The number of aromatic nitrogens is 1. The number of nitrogens with zero attached hydrogens (tertiary/aromatic N) is 3. The third kappa shape index (κ3) is 2.62. The zero-order chi connectivity index (χ0) is 15.6. The van der Waals surface area contributed by atoms with E-state index in [1.165, 1.54) is 4.31 Å². The van der Waals surface area contributed by atoms with Crippen LogP contribution in [0.5, 0.6) is 0 Å². The van der Waals surface area contributed by atoms with E-state index in [0.717, 1.165) is 0 Å². The summed E-state index contributed by atoms with van der Waals surface area (Å²) in [7, 11) is -3.85. The molecule has 1 aliphatic rings. The zero-order valence-corrected chi connectivity index (χ0v) is 12.5. The van der Waals surface area contributed by atoms with E-state index in [2.05, 4.69) is 10.3 Å². The van der Waals surface area contributed by atoms with E-state index in [1.807, 2.05) is 6.07 Å². The van der Waals surface area contributed by atoms with Crippen molar-refractivity contribution < 1.29 is 12.8 Å². The first-order valence-corrected chi connectivity index (χ1v) is 8.24. The smallest absolute Gasteiger partial charge is 0.279 e. The molecule has 0 radical (unpaired) electrons. The first-order chi connectivity index (χ1) is 10.6. The Labute approximate surface area is 128 Å². The van der Waals surface area contributed by atoms with Crippen molar-refractivity contribution in [1.82, 2.24) is 14.6 Å². The number of hydrogen-bond acceptors (Lipinski definition) is 6. The van der Waals surface area contributed by atoms with Crippen LogP contribution in [0, 0.1) is 11.3 Å². The minimum Gasteiger partial charge on any atom is -0.422 e. The molecule has 1 N–H and O–H groups in total. The van der Waals surface area contributed by atoms with Gasteiger partial charge in [0.2, 0.25) is 5.89 Å². The van der Waals surface area contributed by atoms with Crippen molar-refractivity contribution in [3.8, 4) is 17.5 Å². The normalized spacial score (nSPS) is 16.3. The van der Waals surface area contributed by atoms with E-state index in [4.69, 9.17) is 4.42 Å². The summed E-state index contributed by atoms with van der Waals surface area (Å²) >= 11 is 0. The van der Waals surface area contributed by atoms with Crippen molar-refractivity contribution >= 4 is 10.0 Å². The molecule has 1 aromatic heterocycles. The number of rotatable bonds is 3. The van der Waals surface area contributed by atoms with Crippen molar-refractivity contribution in [2.75, 3.05) is 26.2 Å². The molecule has 7 nitrogen and oxygen atoms in total. The summed E-state index contributed by atoms with van der Waals surface area (Å²) < 4.78 is 32.0. The quantitative estimate of drug-likeness (QED) is 0.899. The molecule has 1 aromatic carbocycles. The molecule has 0 aliphatic carbocycles. The van der Waals surface area contributed by atoms with E-state index in [-0.39, 0.29) is 16.7 Å². The summed E-state index contributed by atoms with van der Waals surface area (Å²) in [6.45, 7) is 1.82. The van der Waals surface area contributed by atoms with Crippen molar-refractivity contribution in [3.63, 3.8) is 0 Å². The number of oxazole rings is 1. The molecule has 3 rings (SSSR count). The number of nitriles is 1. The van der Waals surface area contributed by atoms with E-state index in [1.54, 1.807) is 30.3 Å². The van der Waals surface area contributed by atoms with E-state index >= 15 is 0 Å². The molecule has 1 saturated heterocycles. The molecule has 0 unspecified atom stereocenters. The minimum absolute atomic E-state index is 0.130. The largest absolute Gasteiger partial charge is 0.422 e. The van der Waals surface area contributed by atoms with Crippen LogP contribution in [0.3, 0.4) is 0 Å². The lowest BCUT2D eigenvalue weighted by Crippen LogP contribution is -2.46. The molecule has 0 spiro atoms. The summed E-state index contributed by atoms with van der Waals surface area (Å²) in [6, 6.07) is 10.7. The number of piperazine rings is 1. The maximum Gasteiger partial charge on any atom is 0.279 e. The molecule has 1 aliphatic heterocycles. The Morgan fingerprint density at radius 3 is 2.55 bits per heavy atom. The predicted molar refractivity (Wildman–Crippen MR) is 78.3 cm³/mol. The minimum atomic E-state index is -3.85. The standard InChI is InChI=1S/C14H14N4O3S/c15-10-12-14(22(19,20)18-8-6-16-7-9-18)21-13(17-12)11-4-2-1-3-5-11/h1-5,16H,6-9H2. The van der Waals surface area contributed by atoms with Gasteiger partial charge >= 0.3 is 0 Å². The highest BCUT2D eigenvalue weighted by Gasteiger charge is 2.33. The Morgan fingerprint density at radius 2 is 1.91 bits per heavy atom. The Bertz CT molecular complexity index is 802. The van der Waals surface area contributed by atoms with Gasteiger partial charge in [0.1, 0.15) is 6.07 Å². The Morgan fingerprint density at radius 1 is 1.23 bits per heavy atom. The molecule has 0 bridgehead atoms. The van der Waals surface area contributed by atoms with Gasteiger partial charge in [0.15, 0.2) is 5.69 Å². The van der Waals surface area contributed by atoms with Gasteiger partial charge in [-0.25, -0.2) is 8.42 Å². The predicted octanol–water partition coefficient (Wildman–Crippen LogP) is 0.807. The third-order valence-electron chi connectivity index (χ3n) is 3.37. The highest BCUT2D eigenvalue weighted by molar-refractivity contribution is 7.89. The van der Waals surface area contributed by atoms with Gasteiger partial charge in [-0.3, -0.25) is 0 Å². The SMILES string of the molecule is N#Cc1nc(-c2ccccc2)oc1S(=O)(=O)N1CCNCC1. The maximum atomic E-state index is 12.6. The van der Waals surface area contributed by atoms with Gasteiger partial charge in [0.05, 0.1) is 0 Å². The molecular formula is C14H14N4O3S. The van der Waals surface area contributed by atoms with Crippen LogP contribution < -0.4 is 5.32 Å². The van der Waals surface area contributed by atoms with Gasteiger partial charge < -0.3 is 9.73 Å². The number of benzene rings is 1. The molecule has 0 amide bonds. The first-order valence-electron chi connectivity index (χ1n) is 6.80. The second kappa shape index (κ2) is 5.88. The van der Waals surface area contributed by atoms with Crippen LogP contribution in [0.4, 0.5) is 0 Å². The van der Waals surface area contributed by atoms with Gasteiger partial charge in [-0.2, -0.15) is 14.6 Å².